The molecule has 118 valence electrons. The Morgan fingerprint density at radius 3 is 2.45 bits per heavy atom. The largest absolute Gasteiger partial charge is 0.481 e. The first-order valence-corrected chi connectivity index (χ1v) is 8.82. The monoisotopic (exact) mass is 306 g/mol. The summed E-state index contributed by atoms with van der Waals surface area (Å²) in [6.07, 6.45) is 7.41. The lowest BCUT2D eigenvalue weighted by atomic mass is 9.96. The highest BCUT2D eigenvalue weighted by Crippen LogP contribution is 2.22. The first-order valence-electron chi connectivity index (χ1n) is 7.38. The van der Waals surface area contributed by atoms with Gasteiger partial charge in [-0.3, -0.25) is 4.79 Å². The number of aliphatic carboxylic acids is 1. The molecule has 2 N–H and O–H groups in total. The number of rotatable bonds is 9. The number of carbonyl (C=O) groups is 1. The van der Waals surface area contributed by atoms with Gasteiger partial charge in [-0.2, -0.15) is 12.7 Å². The van der Waals surface area contributed by atoms with Crippen LogP contribution in [0.25, 0.3) is 0 Å². The van der Waals surface area contributed by atoms with Crippen molar-refractivity contribution >= 4 is 16.2 Å². The van der Waals surface area contributed by atoms with E-state index < -0.39 is 16.2 Å². The van der Waals surface area contributed by atoms with Gasteiger partial charge in [0.1, 0.15) is 0 Å². The topological polar surface area (TPSA) is 86.7 Å². The third-order valence-electron chi connectivity index (χ3n) is 3.82. The van der Waals surface area contributed by atoms with Gasteiger partial charge in [0.2, 0.25) is 0 Å². The zero-order valence-corrected chi connectivity index (χ0v) is 13.0. The van der Waals surface area contributed by atoms with Gasteiger partial charge in [-0.25, -0.2) is 4.72 Å². The van der Waals surface area contributed by atoms with Crippen molar-refractivity contribution in [2.45, 2.75) is 63.8 Å². The summed E-state index contributed by atoms with van der Waals surface area (Å²) < 4.78 is 28.2. The summed E-state index contributed by atoms with van der Waals surface area (Å²) in [6.45, 7) is 0.374. The molecule has 20 heavy (non-hydrogen) atoms. The average molecular weight is 306 g/mol. The molecular formula is C13H26N2O4S. The predicted octanol–water partition coefficient (Wildman–Crippen LogP) is 1.73. The molecule has 0 amide bonds. The Morgan fingerprint density at radius 1 is 1.20 bits per heavy atom. The Labute approximate surface area is 121 Å². The maximum absolute atomic E-state index is 12.1. The van der Waals surface area contributed by atoms with Crippen molar-refractivity contribution in [1.29, 1.82) is 0 Å². The molecule has 0 heterocycles. The third-order valence-corrected chi connectivity index (χ3v) is 5.45. The highest BCUT2D eigenvalue weighted by Gasteiger charge is 2.26. The second-order valence-electron chi connectivity index (χ2n) is 5.41. The third kappa shape index (κ3) is 6.19. The molecule has 0 bridgehead atoms. The minimum Gasteiger partial charge on any atom is -0.481 e. The van der Waals surface area contributed by atoms with Crippen LogP contribution in [-0.2, 0) is 15.0 Å². The van der Waals surface area contributed by atoms with E-state index >= 15 is 0 Å². The Balaban J connectivity index is 2.24. The van der Waals surface area contributed by atoms with Crippen molar-refractivity contribution in [3.63, 3.8) is 0 Å². The van der Waals surface area contributed by atoms with Crippen LogP contribution in [0.5, 0.6) is 0 Å². The molecule has 1 aliphatic carbocycles. The summed E-state index contributed by atoms with van der Waals surface area (Å²) in [6, 6.07) is 0.119. The second kappa shape index (κ2) is 8.59. The summed E-state index contributed by atoms with van der Waals surface area (Å²) >= 11 is 0. The maximum Gasteiger partial charge on any atom is 0.303 e. The summed E-state index contributed by atoms with van der Waals surface area (Å²) in [4.78, 5) is 10.3. The number of nitrogens with one attached hydrogen (secondary N) is 1. The van der Waals surface area contributed by atoms with Crippen LogP contribution in [0.15, 0.2) is 0 Å². The van der Waals surface area contributed by atoms with Gasteiger partial charge in [-0.1, -0.05) is 25.7 Å². The number of unbranched alkanes of at least 4 members (excludes halogenated alkanes) is 2. The molecule has 0 aromatic rings. The van der Waals surface area contributed by atoms with E-state index in [0.29, 0.717) is 19.4 Å². The Hall–Kier alpha value is -0.660. The minimum atomic E-state index is -3.40. The van der Waals surface area contributed by atoms with Crippen molar-refractivity contribution in [3.05, 3.63) is 0 Å². The van der Waals surface area contributed by atoms with Crippen molar-refractivity contribution < 1.29 is 18.3 Å². The van der Waals surface area contributed by atoms with Crippen LogP contribution < -0.4 is 4.72 Å². The van der Waals surface area contributed by atoms with Crippen molar-refractivity contribution in [3.8, 4) is 0 Å². The molecule has 0 aliphatic heterocycles. The molecule has 0 aromatic carbocycles. The molecule has 1 rings (SSSR count). The predicted molar refractivity (Wildman–Crippen MR) is 77.7 cm³/mol. The van der Waals surface area contributed by atoms with Gasteiger partial charge in [0.05, 0.1) is 0 Å². The molecule has 0 spiro atoms. The Bertz CT molecular complexity index is 391. The van der Waals surface area contributed by atoms with E-state index in [1.807, 2.05) is 0 Å². The van der Waals surface area contributed by atoms with Gasteiger partial charge in [-0.15, -0.1) is 0 Å². The Kier molecular flexibility index (Phi) is 7.47. The van der Waals surface area contributed by atoms with E-state index in [1.54, 1.807) is 7.05 Å². The summed E-state index contributed by atoms with van der Waals surface area (Å²) in [5, 5.41) is 8.50. The van der Waals surface area contributed by atoms with Gasteiger partial charge in [0.25, 0.3) is 10.2 Å². The van der Waals surface area contributed by atoms with E-state index in [9.17, 15) is 13.2 Å². The molecule has 7 heteroatoms. The quantitative estimate of drug-likeness (QED) is 0.635. The van der Waals surface area contributed by atoms with Crippen LogP contribution in [0, 0.1) is 0 Å². The molecule has 0 radical (unpaired) electrons. The molecule has 1 aliphatic rings. The van der Waals surface area contributed by atoms with Gasteiger partial charge >= 0.3 is 5.97 Å². The van der Waals surface area contributed by atoms with Gasteiger partial charge in [0, 0.05) is 26.1 Å². The maximum atomic E-state index is 12.1. The fraction of sp³-hybridized carbons (Fsp3) is 0.923. The lowest BCUT2D eigenvalue weighted by molar-refractivity contribution is -0.137. The lowest BCUT2D eigenvalue weighted by Crippen LogP contribution is -2.45. The first kappa shape index (κ1) is 17.4. The zero-order chi connectivity index (χ0) is 15.0. The van der Waals surface area contributed by atoms with Gasteiger partial charge in [-0.05, 0) is 25.7 Å². The fourth-order valence-corrected chi connectivity index (χ4v) is 3.73. The first-order chi connectivity index (χ1) is 9.43. The van der Waals surface area contributed by atoms with Crippen LogP contribution >= 0.6 is 0 Å². The smallest absolute Gasteiger partial charge is 0.303 e. The molecule has 1 fully saturated rings. The van der Waals surface area contributed by atoms with Crippen molar-refractivity contribution in [2.75, 3.05) is 13.6 Å². The highest BCUT2D eigenvalue weighted by molar-refractivity contribution is 7.87. The second-order valence-corrected chi connectivity index (χ2v) is 7.23. The highest BCUT2D eigenvalue weighted by atomic mass is 32.2. The van der Waals surface area contributed by atoms with Crippen LogP contribution in [0.4, 0.5) is 0 Å². The fourth-order valence-electron chi connectivity index (χ4n) is 2.52. The number of carboxylic acids is 1. The average Bonchev–Trinajstić information content (AvgIpc) is 2.42. The standard InChI is InChI=1S/C13H26N2O4S/c1-15(12-8-4-2-5-9-12)20(18,19)14-11-7-3-6-10-13(16)17/h12,14H,2-11H2,1H3,(H,16,17). The number of carboxylic acid groups (broad SMARTS) is 1. The van der Waals surface area contributed by atoms with E-state index in [2.05, 4.69) is 4.72 Å². The summed E-state index contributed by atoms with van der Waals surface area (Å²) in [7, 11) is -1.75. The molecule has 1 saturated carbocycles. The van der Waals surface area contributed by atoms with Crippen LogP contribution in [0.1, 0.15) is 57.8 Å². The number of hydrogen-bond acceptors (Lipinski definition) is 3. The Morgan fingerprint density at radius 2 is 1.85 bits per heavy atom. The normalized spacial score (nSPS) is 17.5. The molecular weight excluding hydrogens is 280 g/mol. The van der Waals surface area contributed by atoms with Gasteiger partial charge < -0.3 is 5.11 Å². The van der Waals surface area contributed by atoms with Crippen LogP contribution in [0.3, 0.4) is 0 Å². The van der Waals surface area contributed by atoms with Gasteiger partial charge in [0.15, 0.2) is 0 Å². The zero-order valence-electron chi connectivity index (χ0n) is 12.2. The molecule has 0 unspecified atom stereocenters. The van der Waals surface area contributed by atoms with Crippen molar-refractivity contribution in [1.82, 2.24) is 9.03 Å². The molecule has 0 saturated heterocycles. The van der Waals surface area contributed by atoms with E-state index in [1.165, 1.54) is 10.7 Å². The van der Waals surface area contributed by atoms with E-state index in [4.69, 9.17) is 5.11 Å². The SMILES string of the molecule is CN(C1CCCCC1)S(=O)(=O)NCCCCCC(=O)O. The molecule has 0 atom stereocenters. The minimum absolute atomic E-state index is 0.119. The van der Waals surface area contributed by atoms with E-state index in [0.717, 1.165) is 32.1 Å². The van der Waals surface area contributed by atoms with Crippen molar-refractivity contribution in [2.24, 2.45) is 0 Å². The number of nitrogens with zero attached hydrogens (tertiary/aromatic N) is 1. The summed E-state index contributed by atoms with van der Waals surface area (Å²) in [5.74, 6) is -0.803. The molecule has 0 aromatic heterocycles. The number of hydrogen-bond donors (Lipinski definition) is 2. The lowest BCUT2D eigenvalue weighted by Gasteiger charge is -2.30. The van der Waals surface area contributed by atoms with E-state index in [-0.39, 0.29) is 12.5 Å². The molecule has 6 nitrogen and oxygen atoms in total. The van der Waals surface area contributed by atoms with Crippen LogP contribution in [-0.4, -0.2) is 43.4 Å². The van der Waals surface area contributed by atoms with Crippen LogP contribution in [0.2, 0.25) is 0 Å². The summed E-state index contributed by atoms with van der Waals surface area (Å²) in [5.41, 5.74) is 0.